The topological polar surface area (TPSA) is 24.5 Å². The minimum atomic E-state index is 0.451. The van der Waals surface area contributed by atoms with Crippen LogP contribution in [0.25, 0.3) is 0 Å². The van der Waals surface area contributed by atoms with Crippen molar-refractivity contribution < 1.29 is 4.74 Å². The zero-order valence-electron chi connectivity index (χ0n) is 12.3. The first-order chi connectivity index (χ1) is 9.35. The van der Waals surface area contributed by atoms with Gasteiger partial charge in [0.25, 0.3) is 0 Å². The quantitative estimate of drug-likeness (QED) is 0.728. The number of ether oxygens (including phenoxy) is 1. The fourth-order valence-corrected chi connectivity index (χ4v) is 2.91. The third kappa shape index (κ3) is 4.44. The molecule has 5 radical (unpaired) electrons. The molecule has 3 heteroatoms. The summed E-state index contributed by atoms with van der Waals surface area (Å²) in [6, 6.07) is 0.983. The van der Waals surface area contributed by atoms with Gasteiger partial charge in [-0.25, -0.2) is 5.01 Å². The summed E-state index contributed by atoms with van der Waals surface area (Å²) in [5.74, 6) is 1.41. The van der Waals surface area contributed by atoms with Gasteiger partial charge in [0, 0.05) is 31.7 Å². The van der Waals surface area contributed by atoms with Crippen molar-refractivity contribution in [2.75, 3.05) is 20.3 Å². The number of nitrogens with zero attached hydrogens (tertiary/aromatic N) is 1. The fourth-order valence-electron chi connectivity index (χ4n) is 2.91. The molecule has 2 atom stereocenters. The molecule has 2 fully saturated rings. The van der Waals surface area contributed by atoms with Crippen molar-refractivity contribution in [2.45, 2.75) is 51.1 Å². The van der Waals surface area contributed by atoms with Crippen LogP contribution in [-0.2, 0) is 4.74 Å². The molecule has 0 aromatic carbocycles. The van der Waals surface area contributed by atoms with Crippen molar-refractivity contribution >= 4 is 0 Å². The van der Waals surface area contributed by atoms with Gasteiger partial charge < -0.3 is 4.74 Å². The third-order valence-electron chi connectivity index (χ3n) is 4.00. The summed E-state index contributed by atoms with van der Waals surface area (Å²) < 4.78 is 5.33. The lowest BCUT2D eigenvalue weighted by molar-refractivity contribution is 0.0720. The Morgan fingerprint density at radius 1 is 1.42 bits per heavy atom. The molecule has 3 nitrogen and oxygen atoms in total. The second-order valence-corrected chi connectivity index (χ2v) is 5.49. The fraction of sp³-hybridized carbons (Fsp3) is 0.688. The van der Waals surface area contributed by atoms with Crippen molar-refractivity contribution in [1.29, 1.82) is 0 Å². The molecule has 0 spiro atoms. The Morgan fingerprint density at radius 2 is 2.21 bits per heavy atom. The predicted molar refractivity (Wildman–Crippen MR) is 78.5 cm³/mol. The highest BCUT2D eigenvalue weighted by molar-refractivity contribution is 5.38. The van der Waals surface area contributed by atoms with E-state index in [9.17, 15) is 0 Å². The maximum atomic E-state index is 5.33. The summed E-state index contributed by atoms with van der Waals surface area (Å²) in [5, 5.41) is 2.40. The van der Waals surface area contributed by atoms with Crippen LogP contribution in [0.3, 0.4) is 0 Å². The molecule has 107 valence electrons. The van der Waals surface area contributed by atoms with Gasteiger partial charge in [-0.05, 0) is 44.9 Å². The molecule has 2 aliphatic rings. The van der Waals surface area contributed by atoms with Gasteiger partial charge in [0.05, 0.1) is 6.61 Å². The van der Waals surface area contributed by atoms with Crippen LogP contribution in [0.5, 0.6) is 0 Å². The average Bonchev–Trinajstić information content (AvgIpc) is 3.06. The maximum absolute atomic E-state index is 5.33. The van der Waals surface area contributed by atoms with E-state index in [2.05, 4.69) is 43.0 Å². The number of hydrogen-bond acceptors (Lipinski definition) is 3. The summed E-state index contributed by atoms with van der Waals surface area (Å²) in [7, 11) is 1.79. The lowest BCUT2D eigenvalue weighted by Crippen LogP contribution is -2.50. The van der Waals surface area contributed by atoms with Crippen molar-refractivity contribution in [3.05, 3.63) is 31.6 Å². The lowest BCUT2D eigenvalue weighted by atomic mass is 9.94. The normalized spacial score (nSPS) is 27.2. The van der Waals surface area contributed by atoms with Crippen molar-refractivity contribution in [3.63, 3.8) is 0 Å². The van der Waals surface area contributed by atoms with E-state index in [4.69, 9.17) is 4.74 Å². The van der Waals surface area contributed by atoms with Crippen molar-refractivity contribution in [2.24, 2.45) is 0 Å². The first-order valence-electron chi connectivity index (χ1n) is 7.58. The standard InChI is InChI=1S/C16H27N2O/c1-3-4-11-16(14-8-5-6-9-14)17-18-12-7-10-15(18)13-19-2/h5-6,8-9,15-17H,3-4,7,10-13H2,1-2H3/t15-,16+/m0/s1. The molecule has 19 heavy (non-hydrogen) atoms. The second-order valence-electron chi connectivity index (χ2n) is 5.49. The van der Waals surface area contributed by atoms with Crippen LogP contribution in [0.15, 0.2) is 0 Å². The molecule has 1 aliphatic carbocycles. The molecule has 0 amide bonds. The molecule has 0 aromatic heterocycles. The third-order valence-corrected chi connectivity index (χ3v) is 4.00. The van der Waals surface area contributed by atoms with E-state index in [1.807, 2.05) is 0 Å². The number of rotatable bonds is 8. The van der Waals surface area contributed by atoms with Crippen LogP contribution >= 0.6 is 0 Å². The zero-order valence-corrected chi connectivity index (χ0v) is 12.3. The molecule has 1 saturated carbocycles. The van der Waals surface area contributed by atoms with Gasteiger partial charge in [0.1, 0.15) is 0 Å². The van der Waals surface area contributed by atoms with Crippen LogP contribution in [0.4, 0.5) is 0 Å². The largest absolute Gasteiger partial charge is 0.383 e. The lowest BCUT2D eigenvalue weighted by Gasteiger charge is -2.33. The first kappa shape index (κ1) is 15.3. The predicted octanol–water partition coefficient (Wildman–Crippen LogP) is 2.57. The van der Waals surface area contributed by atoms with Gasteiger partial charge in [0.15, 0.2) is 0 Å². The summed E-state index contributed by atoms with van der Waals surface area (Å²) >= 11 is 0. The minimum Gasteiger partial charge on any atom is -0.383 e. The zero-order chi connectivity index (χ0) is 13.5. The summed E-state index contributed by atoms with van der Waals surface area (Å²) in [5.41, 5.74) is 3.74. The number of hydrogen-bond donors (Lipinski definition) is 1. The number of nitrogens with one attached hydrogen (secondary N) is 1. The molecule has 0 aromatic rings. The van der Waals surface area contributed by atoms with Crippen LogP contribution < -0.4 is 5.43 Å². The molecule has 1 heterocycles. The van der Waals surface area contributed by atoms with E-state index in [1.165, 1.54) is 38.0 Å². The van der Waals surface area contributed by atoms with Gasteiger partial charge in [-0.15, -0.1) is 0 Å². The van der Waals surface area contributed by atoms with E-state index in [-0.39, 0.29) is 0 Å². The Bertz CT molecular complexity index is 241. The Kier molecular flexibility index (Phi) is 6.62. The van der Waals surface area contributed by atoms with E-state index in [1.54, 1.807) is 7.11 Å². The molecule has 2 rings (SSSR count). The van der Waals surface area contributed by atoms with Gasteiger partial charge in [-0.2, -0.15) is 0 Å². The number of unbranched alkanes of at least 4 members (excludes halogenated alkanes) is 1. The molecular weight excluding hydrogens is 236 g/mol. The van der Waals surface area contributed by atoms with Crippen molar-refractivity contribution in [3.8, 4) is 0 Å². The van der Waals surface area contributed by atoms with Crippen LogP contribution in [0, 0.1) is 31.6 Å². The molecule has 0 unspecified atom stereocenters. The van der Waals surface area contributed by atoms with Crippen LogP contribution in [0.2, 0.25) is 0 Å². The SMILES string of the molecule is CCCC[C@@H](NN1CCC[C@H]1COC)[C]1[CH][CH][CH][CH]1. The van der Waals surface area contributed by atoms with Crippen LogP contribution in [0.1, 0.15) is 39.0 Å². The average molecular weight is 263 g/mol. The van der Waals surface area contributed by atoms with E-state index >= 15 is 0 Å². The molecule has 1 aliphatic heterocycles. The Balaban J connectivity index is 1.86. The summed E-state index contributed by atoms with van der Waals surface area (Å²) in [4.78, 5) is 0. The van der Waals surface area contributed by atoms with E-state index < -0.39 is 0 Å². The Labute approximate surface area is 119 Å². The van der Waals surface area contributed by atoms with Gasteiger partial charge in [-0.3, -0.25) is 5.43 Å². The molecule has 0 bridgehead atoms. The molecule has 1 N–H and O–H groups in total. The highest BCUT2D eigenvalue weighted by atomic mass is 16.5. The second kappa shape index (κ2) is 8.23. The van der Waals surface area contributed by atoms with Gasteiger partial charge in [0.2, 0.25) is 0 Å². The monoisotopic (exact) mass is 263 g/mol. The van der Waals surface area contributed by atoms with Crippen molar-refractivity contribution in [1.82, 2.24) is 10.4 Å². The van der Waals surface area contributed by atoms with Crippen LogP contribution in [-0.4, -0.2) is 37.4 Å². The molecule has 1 saturated heterocycles. The summed E-state index contributed by atoms with van der Waals surface area (Å²) in [6.07, 6.45) is 15.0. The van der Waals surface area contributed by atoms with E-state index in [0.29, 0.717) is 12.1 Å². The number of hydrazine groups is 1. The first-order valence-corrected chi connectivity index (χ1v) is 7.58. The Hall–Kier alpha value is -0.120. The van der Waals surface area contributed by atoms with Gasteiger partial charge in [-0.1, -0.05) is 19.8 Å². The smallest absolute Gasteiger partial charge is 0.0632 e. The van der Waals surface area contributed by atoms with E-state index in [0.717, 1.165) is 13.2 Å². The number of methoxy groups -OCH3 is 1. The maximum Gasteiger partial charge on any atom is 0.0632 e. The highest BCUT2D eigenvalue weighted by Crippen LogP contribution is 2.29. The highest BCUT2D eigenvalue weighted by Gasteiger charge is 2.31. The minimum absolute atomic E-state index is 0.451. The van der Waals surface area contributed by atoms with Gasteiger partial charge >= 0.3 is 0 Å². The molecular formula is C16H27N2O. The summed E-state index contributed by atoms with van der Waals surface area (Å²) in [6.45, 7) is 4.22. The Morgan fingerprint density at radius 3 is 2.89 bits per heavy atom.